The third-order valence-corrected chi connectivity index (χ3v) is 9.38. The van der Waals surface area contributed by atoms with Crippen LogP contribution in [0, 0.1) is 23.5 Å². The Kier molecular flexibility index (Phi) is 5.60. The second-order valence-corrected chi connectivity index (χ2v) is 11.2. The molecular weight excluding hydrogens is 448 g/mol. The van der Waals surface area contributed by atoms with E-state index in [0.29, 0.717) is 12.8 Å². The molecule has 5 nitrogen and oxygen atoms in total. The van der Waals surface area contributed by atoms with Crippen molar-refractivity contribution in [2.75, 3.05) is 5.32 Å². The first-order valence-corrected chi connectivity index (χ1v) is 11.9. The molecule has 2 N–H and O–H groups in total. The van der Waals surface area contributed by atoms with Crippen molar-refractivity contribution in [3.8, 4) is 0 Å². The topological polar surface area (TPSA) is 83.5 Å². The van der Waals surface area contributed by atoms with Crippen molar-refractivity contribution in [3.63, 3.8) is 0 Å². The molecule has 2 fully saturated rings. The summed E-state index contributed by atoms with van der Waals surface area (Å²) in [7, 11) is -3.84. The summed E-state index contributed by atoms with van der Waals surface area (Å²) in [6.07, 6.45) is 2.25. The molecule has 2 saturated carbocycles. The fraction of sp³-hybridized carbons (Fsp3) is 0.409. The summed E-state index contributed by atoms with van der Waals surface area (Å²) in [5, 5.41) is 12.4. The molecule has 4 rings (SSSR count). The second-order valence-electron chi connectivity index (χ2n) is 8.56. The van der Waals surface area contributed by atoms with E-state index in [-0.39, 0.29) is 33.0 Å². The van der Waals surface area contributed by atoms with Gasteiger partial charge in [0.25, 0.3) is 5.91 Å². The van der Waals surface area contributed by atoms with Crippen LogP contribution in [0.15, 0.2) is 41.3 Å². The van der Waals surface area contributed by atoms with Crippen molar-refractivity contribution >= 4 is 33.0 Å². The summed E-state index contributed by atoms with van der Waals surface area (Å²) in [6.45, 7) is 1.77. The molecule has 9 heteroatoms. The third kappa shape index (κ3) is 3.97. The Morgan fingerprint density at radius 3 is 2.35 bits per heavy atom. The van der Waals surface area contributed by atoms with E-state index in [1.54, 1.807) is 6.92 Å². The van der Waals surface area contributed by atoms with Gasteiger partial charge in [0.15, 0.2) is 21.5 Å². The monoisotopic (exact) mass is 469 g/mol. The number of aliphatic hydroxyl groups is 1. The zero-order chi connectivity index (χ0) is 22.6. The van der Waals surface area contributed by atoms with E-state index in [4.69, 9.17) is 11.6 Å². The highest BCUT2D eigenvalue weighted by atomic mass is 35.5. The minimum Gasteiger partial charge on any atom is -0.390 e. The molecular formula is C22H22ClF2NO4S. The molecule has 2 aromatic rings. The molecule has 2 aliphatic carbocycles. The lowest BCUT2D eigenvalue weighted by Crippen LogP contribution is -2.45. The Hall–Kier alpha value is -2.03. The van der Waals surface area contributed by atoms with Gasteiger partial charge in [-0.05, 0) is 74.8 Å². The molecule has 31 heavy (non-hydrogen) atoms. The average molecular weight is 470 g/mol. The van der Waals surface area contributed by atoms with Gasteiger partial charge in [-0.15, -0.1) is 0 Å². The highest BCUT2D eigenvalue weighted by molar-refractivity contribution is 7.92. The van der Waals surface area contributed by atoms with Gasteiger partial charge in [-0.1, -0.05) is 11.6 Å². The molecule has 0 spiro atoms. The maximum atomic E-state index is 13.4. The van der Waals surface area contributed by atoms with Gasteiger partial charge < -0.3 is 10.4 Å². The lowest BCUT2D eigenvalue weighted by Gasteiger charge is -2.40. The summed E-state index contributed by atoms with van der Waals surface area (Å²) >= 11 is 6.20. The Morgan fingerprint density at radius 2 is 1.74 bits per heavy atom. The van der Waals surface area contributed by atoms with Crippen LogP contribution in [0.2, 0.25) is 5.02 Å². The van der Waals surface area contributed by atoms with Crippen LogP contribution in [0.4, 0.5) is 14.5 Å². The van der Waals surface area contributed by atoms with E-state index in [0.717, 1.165) is 25.0 Å². The van der Waals surface area contributed by atoms with Crippen LogP contribution in [0.3, 0.4) is 0 Å². The van der Waals surface area contributed by atoms with Gasteiger partial charge in [0.05, 0.1) is 20.8 Å². The smallest absolute Gasteiger partial charge is 0.255 e. The first kappa shape index (κ1) is 22.2. The quantitative estimate of drug-likeness (QED) is 0.686. The molecule has 2 aliphatic rings. The van der Waals surface area contributed by atoms with Crippen molar-refractivity contribution in [2.45, 2.75) is 48.4 Å². The SMILES string of the molecule is CC1(O)C2CCC1CC(S(=O)(=O)c1cc(C(=O)Nc3ccc(F)c(F)c3)ccc1Cl)C2. The third-order valence-electron chi connectivity index (χ3n) is 6.73. The average Bonchev–Trinajstić information content (AvgIpc) is 2.87. The number of amides is 1. The van der Waals surface area contributed by atoms with Gasteiger partial charge in [-0.3, -0.25) is 4.79 Å². The maximum Gasteiger partial charge on any atom is 0.255 e. The molecule has 2 unspecified atom stereocenters. The lowest BCUT2D eigenvalue weighted by molar-refractivity contribution is -0.0413. The van der Waals surface area contributed by atoms with Crippen molar-refractivity contribution in [3.05, 3.63) is 58.6 Å². The number of benzene rings is 2. The van der Waals surface area contributed by atoms with Crippen molar-refractivity contribution in [2.24, 2.45) is 11.8 Å². The number of hydrogen-bond donors (Lipinski definition) is 2. The Bertz CT molecular complexity index is 1140. The maximum absolute atomic E-state index is 13.4. The normalized spacial score (nSPS) is 27.8. The Morgan fingerprint density at radius 1 is 1.10 bits per heavy atom. The van der Waals surface area contributed by atoms with Crippen LogP contribution < -0.4 is 5.32 Å². The number of halogens is 3. The van der Waals surface area contributed by atoms with E-state index in [2.05, 4.69) is 5.32 Å². The van der Waals surface area contributed by atoms with Gasteiger partial charge in [0.1, 0.15) is 0 Å². The summed E-state index contributed by atoms with van der Waals surface area (Å²) in [4.78, 5) is 12.4. The van der Waals surface area contributed by atoms with Crippen LogP contribution in [0.25, 0.3) is 0 Å². The number of rotatable bonds is 4. The number of hydrogen-bond acceptors (Lipinski definition) is 4. The minimum absolute atomic E-state index is 0.00839. The molecule has 2 atom stereocenters. The van der Waals surface area contributed by atoms with Gasteiger partial charge in [-0.2, -0.15) is 0 Å². The number of carbonyl (C=O) groups is 1. The van der Waals surface area contributed by atoms with Crippen LogP contribution >= 0.6 is 11.6 Å². The van der Waals surface area contributed by atoms with Gasteiger partial charge in [0, 0.05) is 17.3 Å². The van der Waals surface area contributed by atoms with Gasteiger partial charge in [-0.25, -0.2) is 17.2 Å². The molecule has 2 aromatic carbocycles. The first-order valence-electron chi connectivity index (χ1n) is 10.0. The van der Waals surface area contributed by atoms with Gasteiger partial charge in [0.2, 0.25) is 0 Å². The Balaban J connectivity index is 1.60. The zero-order valence-electron chi connectivity index (χ0n) is 16.7. The number of carbonyl (C=O) groups excluding carboxylic acids is 1. The molecule has 0 heterocycles. The molecule has 0 aromatic heterocycles. The van der Waals surface area contributed by atoms with E-state index in [1.165, 1.54) is 24.3 Å². The number of nitrogens with one attached hydrogen (secondary N) is 1. The first-order chi connectivity index (χ1) is 14.5. The highest BCUT2D eigenvalue weighted by Crippen LogP contribution is 2.51. The minimum atomic E-state index is -3.84. The number of anilines is 1. The summed E-state index contributed by atoms with van der Waals surface area (Å²) in [5.74, 6) is -3.02. The van der Waals surface area contributed by atoms with Crippen LogP contribution in [-0.4, -0.2) is 30.3 Å². The molecule has 0 radical (unpaired) electrons. The standard InChI is InChI=1S/C22H22ClF2NO4S/c1-22(28)13-3-4-14(22)10-16(9-13)31(29,30)20-8-12(2-6-17(20)23)21(27)26-15-5-7-18(24)19(25)11-15/h2,5-8,11,13-14,16,28H,3-4,9-10H2,1H3,(H,26,27). The molecule has 0 aliphatic heterocycles. The largest absolute Gasteiger partial charge is 0.390 e. The van der Waals surface area contributed by atoms with E-state index >= 15 is 0 Å². The second kappa shape index (κ2) is 7.83. The Labute approximate surface area is 184 Å². The van der Waals surface area contributed by atoms with Crippen LogP contribution in [0.5, 0.6) is 0 Å². The van der Waals surface area contributed by atoms with E-state index < -0.39 is 38.2 Å². The number of fused-ring (bicyclic) bond motifs is 2. The summed E-state index contributed by atoms with van der Waals surface area (Å²) < 4.78 is 53.2. The summed E-state index contributed by atoms with van der Waals surface area (Å²) in [6, 6.07) is 6.84. The predicted molar refractivity (Wildman–Crippen MR) is 113 cm³/mol. The van der Waals surface area contributed by atoms with Crippen molar-refractivity contribution in [1.29, 1.82) is 0 Å². The van der Waals surface area contributed by atoms with Crippen molar-refractivity contribution < 1.29 is 27.1 Å². The predicted octanol–water partition coefficient (Wildman–Crippen LogP) is 4.58. The highest BCUT2D eigenvalue weighted by Gasteiger charge is 2.53. The van der Waals surface area contributed by atoms with Crippen LogP contribution in [-0.2, 0) is 9.84 Å². The van der Waals surface area contributed by atoms with E-state index in [1.807, 2.05) is 0 Å². The fourth-order valence-corrected chi connectivity index (χ4v) is 7.24. The van der Waals surface area contributed by atoms with Gasteiger partial charge >= 0.3 is 0 Å². The lowest BCUT2D eigenvalue weighted by atomic mass is 9.76. The molecule has 0 saturated heterocycles. The molecule has 2 bridgehead atoms. The van der Waals surface area contributed by atoms with Crippen molar-refractivity contribution in [1.82, 2.24) is 0 Å². The zero-order valence-corrected chi connectivity index (χ0v) is 18.3. The summed E-state index contributed by atoms with van der Waals surface area (Å²) in [5.41, 5.74) is -0.796. The number of sulfone groups is 1. The van der Waals surface area contributed by atoms with Crippen LogP contribution in [0.1, 0.15) is 43.0 Å². The molecule has 1 amide bonds. The fourth-order valence-electron chi connectivity index (χ4n) is 4.84. The van der Waals surface area contributed by atoms with E-state index in [9.17, 15) is 27.1 Å². The molecule has 166 valence electrons.